The summed E-state index contributed by atoms with van der Waals surface area (Å²) >= 11 is 0. The molecule has 38 heavy (non-hydrogen) atoms. The minimum absolute atomic E-state index is 0.0193. The molecule has 0 fully saturated rings. The van der Waals surface area contributed by atoms with Crippen molar-refractivity contribution in [2.45, 2.75) is 46.1 Å². The third-order valence-electron chi connectivity index (χ3n) is 6.28. The summed E-state index contributed by atoms with van der Waals surface area (Å²) in [6, 6.07) is 22.9. The lowest BCUT2D eigenvalue weighted by atomic mass is 10.0. The Morgan fingerprint density at radius 2 is 1.68 bits per heavy atom. The molecule has 1 atom stereocenters. The monoisotopic (exact) mass is 514 g/mol. The van der Waals surface area contributed by atoms with Crippen molar-refractivity contribution in [2.75, 3.05) is 18.5 Å². The first-order valence-electron chi connectivity index (χ1n) is 13.1. The molecular weight excluding hydrogens is 480 g/mol. The fourth-order valence-electron chi connectivity index (χ4n) is 4.01. The van der Waals surface area contributed by atoms with Crippen molar-refractivity contribution < 1.29 is 23.5 Å². The number of benzene rings is 3. The van der Waals surface area contributed by atoms with E-state index in [-0.39, 0.29) is 24.2 Å². The van der Waals surface area contributed by atoms with Crippen LogP contribution in [0.15, 0.2) is 77.2 Å². The number of esters is 1. The Morgan fingerprint density at radius 3 is 2.37 bits per heavy atom. The maximum atomic E-state index is 12.4. The first kappa shape index (κ1) is 26.9. The van der Waals surface area contributed by atoms with Crippen LogP contribution in [-0.2, 0) is 9.53 Å². The molecule has 0 saturated carbocycles. The number of anilines is 1. The summed E-state index contributed by atoms with van der Waals surface area (Å²) < 4.78 is 16.8. The van der Waals surface area contributed by atoms with E-state index in [1.165, 1.54) is 0 Å². The van der Waals surface area contributed by atoms with Crippen molar-refractivity contribution >= 4 is 28.5 Å². The number of oxazole rings is 1. The maximum Gasteiger partial charge on any atom is 0.305 e. The molecule has 0 aliphatic heterocycles. The number of carbonyl (C=O) groups excluding carboxylic acids is 2. The molecule has 0 saturated heterocycles. The summed E-state index contributed by atoms with van der Waals surface area (Å²) in [5.74, 6) is 1.42. The highest BCUT2D eigenvalue weighted by Crippen LogP contribution is 2.26. The Hall–Kier alpha value is -4.13. The first-order chi connectivity index (χ1) is 18.4. The number of fused-ring (bicyclic) bond motifs is 1. The molecule has 1 heterocycles. The van der Waals surface area contributed by atoms with Crippen molar-refractivity contribution in [1.29, 1.82) is 0 Å². The Bertz CT molecular complexity index is 1310. The molecule has 0 aliphatic carbocycles. The molecule has 0 unspecified atom stereocenters. The van der Waals surface area contributed by atoms with E-state index >= 15 is 0 Å². The van der Waals surface area contributed by atoms with E-state index in [1.54, 1.807) is 6.92 Å². The van der Waals surface area contributed by atoms with E-state index in [9.17, 15) is 9.59 Å². The lowest BCUT2D eigenvalue weighted by Crippen LogP contribution is -2.32. The van der Waals surface area contributed by atoms with Crippen LogP contribution in [0.2, 0.25) is 0 Å². The van der Waals surface area contributed by atoms with Crippen LogP contribution < -0.4 is 10.1 Å². The molecule has 3 aromatic carbocycles. The minimum Gasteiger partial charge on any atom is -0.491 e. The highest BCUT2D eigenvalue weighted by atomic mass is 16.5. The standard InChI is InChI=1S/C31H34N2O5/c1-4-36-30(35)11-7-9-28(34)22-12-16-24(17-13-22)32-27(21(2)3)20-37-25-18-14-23(15-19-25)31-33-26-8-5-6-10-29(26)38-31/h5-6,8,10,12-19,21,27,32H,4,7,9,11,20H2,1-3H3/t27-/m0/s1. The highest BCUT2D eigenvalue weighted by molar-refractivity contribution is 5.96. The van der Waals surface area contributed by atoms with Gasteiger partial charge in [0, 0.05) is 29.7 Å². The second-order valence-electron chi connectivity index (χ2n) is 9.48. The quantitative estimate of drug-likeness (QED) is 0.153. The largest absolute Gasteiger partial charge is 0.491 e. The zero-order valence-corrected chi connectivity index (χ0v) is 22.1. The van der Waals surface area contributed by atoms with Crippen LogP contribution in [0.25, 0.3) is 22.6 Å². The predicted octanol–water partition coefficient (Wildman–Crippen LogP) is 6.93. The summed E-state index contributed by atoms with van der Waals surface area (Å²) in [5.41, 5.74) is 4.04. The third kappa shape index (κ3) is 7.22. The molecule has 7 heteroatoms. The maximum absolute atomic E-state index is 12.4. The van der Waals surface area contributed by atoms with E-state index in [4.69, 9.17) is 13.9 Å². The number of ether oxygens (including phenoxy) is 2. The number of nitrogens with one attached hydrogen (secondary N) is 1. The molecule has 0 radical (unpaired) electrons. The van der Waals surface area contributed by atoms with Crippen molar-refractivity contribution in [3.05, 3.63) is 78.4 Å². The zero-order valence-electron chi connectivity index (χ0n) is 22.1. The Labute approximate surface area is 223 Å². The fraction of sp³-hybridized carbons (Fsp3) is 0.323. The number of para-hydroxylation sites is 2. The fourth-order valence-corrected chi connectivity index (χ4v) is 4.01. The van der Waals surface area contributed by atoms with Crippen LogP contribution in [0.3, 0.4) is 0 Å². The topological polar surface area (TPSA) is 90.7 Å². The van der Waals surface area contributed by atoms with Crippen LogP contribution >= 0.6 is 0 Å². The van der Waals surface area contributed by atoms with Gasteiger partial charge in [0.05, 0.1) is 12.6 Å². The van der Waals surface area contributed by atoms with Crippen LogP contribution in [0.4, 0.5) is 5.69 Å². The second-order valence-corrected chi connectivity index (χ2v) is 9.48. The van der Waals surface area contributed by atoms with Gasteiger partial charge in [0.2, 0.25) is 5.89 Å². The molecule has 0 aliphatic rings. The van der Waals surface area contributed by atoms with Gasteiger partial charge in [-0.1, -0.05) is 26.0 Å². The number of aromatic nitrogens is 1. The van der Waals surface area contributed by atoms with E-state index in [1.807, 2.05) is 72.8 Å². The number of carbonyl (C=O) groups is 2. The average molecular weight is 515 g/mol. The second kappa shape index (κ2) is 12.9. The summed E-state index contributed by atoms with van der Waals surface area (Å²) in [6.07, 6.45) is 1.06. The van der Waals surface area contributed by atoms with Gasteiger partial charge < -0.3 is 19.2 Å². The summed E-state index contributed by atoms with van der Waals surface area (Å²) in [4.78, 5) is 28.4. The third-order valence-corrected chi connectivity index (χ3v) is 6.28. The average Bonchev–Trinajstić information content (AvgIpc) is 3.36. The van der Waals surface area contributed by atoms with Gasteiger partial charge in [0.25, 0.3) is 0 Å². The summed E-state index contributed by atoms with van der Waals surface area (Å²) in [5, 5.41) is 3.52. The van der Waals surface area contributed by atoms with Crippen molar-refractivity contribution in [3.63, 3.8) is 0 Å². The number of nitrogens with zero attached hydrogens (tertiary/aromatic N) is 1. The Kier molecular flexibility index (Phi) is 9.14. The van der Waals surface area contributed by atoms with Crippen molar-refractivity contribution in [2.24, 2.45) is 5.92 Å². The zero-order chi connectivity index (χ0) is 26.9. The van der Waals surface area contributed by atoms with Gasteiger partial charge in [-0.2, -0.15) is 0 Å². The van der Waals surface area contributed by atoms with Crippen LogP contribution in [0.5, 0.6) is 5.75 Å². The molecule has 1 aromatic heterocycles. The Morgan fingerprint density at radius 1 is 0.947 bits per heavy atom. The van der Waals surface area contributed by atoms with Crippen LogP contribution in [-0.4, -0.2) is 36.0 Å². The van der Waals surface area contributed by atoms with Gasteiger partial charge in [0.1, 0.15) is 17.9 Å². The lowest BCUT2D eigenvalue weighted by Gasteiger charge is -2.24. The van der Waals surface area contributed by atoms with Crippen molar-refractivity contribution in [3.8, 4) is 17.2 Å². The van der Waals surface area contributed by atoms with Gasteiger partial charge in [-0.15, -0.1) is 0 Å². The number of hydrogen-bond donors (Lipinski definition) is 1. The first-order valence-corrected chi connectivity index (χ1v) is 13.1. The molecular formula is C31H34N2O5. The SMILES string of the molecule is CCOC(=O)CCCC(=O)c1ccc(N[C@@H](COc2ccc(-c3nc4ccccc4o3)cc2)C(C)C)cc1. The van der Waals surface area contributed by atoms with Crippen molar-refractivity contribution in [1.82, 2.24) is 4.98 Å². The smallest absolute Gasteiger partial charge is 0.305 e. The van der Waals surface area contributed by atoms with Crippen LogP contribution in [0, 0.1) is 5.92 Å². The Balaban J connectivity index is 1.29. The molecule has 7 nitrogen and oxygen atoms in total. The molecule has 0 amide bonds. The highest BCUT2D eigenvalue weighted by Gasteiger charge is 2.16. The number of rotatable bonds is 13. The number of hydrogen-bond acceptors (Lipinski definition) is 7. The van der Waals surface area contributed by atoms with Gasteiger partial charge in [-0.3, -0.25) is 9.59 Å². The van der Waals surface area contributed by atoms with E-state index in [2.05, 4.69) is 24.1 Å². The van der Waals surface area contributed by atoms with E-state index in [0.29, 0.717) is 43.4 Å². The number of Topliss-reactive ketones (excluding diaryl/α,β-unsaturated/α-hetero) is 1. The van der Waals surface area contributed by atoms with E-state index < -0.39 is 0 Å². The lowest BCUT2D eigenvalue weighted by molar-refractivity contribution is -0.143. The molecule has 0 bridgehead atoms. The minimum atomic E-state index is -0.263. The molecule has 4 aromatic rings. The number of ketones is 1. The van der Waals surface area contributed by atoms with Gasteiger partial charge in [0.15, 0.2) is 11.4 Å². The molecule has 0 spiro atoms. The predicted molar refractivity (Wildman–Crippen MR) is 148 cm³/mol. The van der Waals surface area contributed by atoms with Crippen LogP contribution in [0.1, 0.15) is 50.4 Å². The van der Waals surface area contributed by atoms with Gasteiger partial charge in [-0.25, -0.2) is 4.98 Å². The molecule has 1 N–H and O–H groups in total. The summed E-state index contributed by atoms with van der Waals surface area (Å²) in [7, 11) is 0. The molecule has 4 rings (SSSR count). The molecule has 198 valence electrons. The van der Waals surface area contributed by atoms with Gasteiger partial charge >= 0.3 is 5.97 Å². The van der Waals surface area contributed by atoms with E-state index in [0.717, 1.165) is 28.1 Å². The van der Waals surface area contributed by atoms with Gasteiger partial charge in [-0.05, 0) is 79.9 Å². The summed E-state index contributed by atoms with van der Waals surface area (Å²) in [6.45, 7) is 6.89. The normalized spacial score (nSPS) is 11.9.